The molecular weight excluding hydrogens is 338 g/mol. The second-order valence-corrected chi connectivity index (χ2v) is 8.84. The van der Waals surface area contributed by atoms with Gasteiger partial charge in [0.05, 0.1) is 5.41 Å². The quantitative estimate of drug-likeness (QED) is 0.764. The van der Waals surface area contributed by atoms with E-state index in [0.29, 0.717) is 13.0 Å². The molecule has 0 unspecified atom stereocenters. The highest BCUT2D eigenvalue weighted by molar-refractivity contribution is 5.85. The highest BCUT2D eigenvalue weighted by Gasteiger charge is 2.44. The molecule has 3 heterocycles. The molecule has 2 amide bonds. The Kier molecular flexibility index (Phi) is 5.41. The maximum atomic E-state index is 13.1. The van der Waals surface area contributed by atoms with Gasteiger partial charge in [-0.3, -0.25) is 14.6 Å². The Labute approximate surface area is 162 Å². The molecule has 0 N–H and O–H groups in total. The number of rotatable bonds is 4. The lowest BCUT2D eigenvalue weighted by molar-refractivity contribution is -0.147. The van der Waals surface area contributed by atoms with Crippen LogP contribution in [0.2, 0.25) is 0 Å². The summed E-state index contributed by atoms with van der Waals surface area (Å²) in [7, 11) is 0. The van der Waals surface area contributed by atoms with Crippen LogP contribution >= 0.6 is 0 Å². The second kappa shape index (κ2) is 7.45. The number of hydrogen-bond donors (Lipinski definition) is 0. The number of likely N-dealkylation sites (tertiary alicyclic amines) is 2. The van der Waals surface area contributed by atoms with Crippen LogP contribution in [0.1, 0.15) is 52.0 Å². The van der Waals surface area contributed by atoms with Gasteiger partial charge in [0.1, 0.15) is 0 Å². The van der Waals surface area contributed by atoms with Gasteiger partial charge in [-0.2, -0.15) is 0 Å². The van der Waals surface area contributed by atoms with Crippen LogP contribution in [-0.2, 0) is 16.1 Å². The maximum Gasteiger partial charge on any atom is 0.232 e. The molecule has 5 nitrogen and oxygen atoms in total. The fourth-order valence-corrected chi connectivity index (χ4v) is 4.25. The number of carbonyl (C=O) groups excluding carboxylic acids is 2. The van der Waals surface area contributed by atoms with Gasteiger partial charge in [-0.05, 0) is 57.7 Å². The summed E-state index contributed by atoms with van der Waals surface area (Å²) in [4.78, 5) is 33.6. The third-order valence-corrected chi connectivity index (χ3v) is 6.42. The molecule has 2 saturated heterocycles. The van der Waals surface area contributed by atoms with Crippen molar-refractivity contribution in [1.29, 1.82) is 0 Å². The Hall–Kier alpha value is -2.17. The van der Waals surface area contributed by atoms with Crippen LogP contribution in [0.15, 0.2) is 36.7 Å². The van der Waals surface area contributed by atoms with E-state index in [1.807, 2.05) is 42.7 Å². The van der Waals surface area contributed by atoms with E-state index >= 15 is 0 Å². The molecular formula is C22H31N3O2. The number of carbonyl (C=O) groups is 2. The summed E-state index contributed by atoms with van der Waals surface area (Å²) in [5.74, 6) is 0.370. The normalized spacial score (nSPS) is 23.6. The molecule has 146 valence electrons. The Morgan fingerprint density at radius 3 is 2.63 bits per heavy atom. The summed E-state index contributed by atoms with van der Waals surface area (Å²) in [5.41, 5.74) is 1.47. The van der Waals surface area contributed by atoms with Crippen LogP contribution in [0.5, 0.6) is 0 Å². The summed E-state index contributed by atoms with van der Waals surface area (Å²) in [6.45, 7) is 12.7. The standard InChI is InChI=1S/C22H31N3O2/c1-17(2)21(3,4)20(27)24-13-5-9-22(15-24)10-6-19(26)25(16-22)14-18-7-11-23-12-8-18/h7-8,11-12H,1,5-6,9-10,13-16H2,2-4H3/t22-/m0/s1. The summed E-state index contributed by atoms with van der Waals surface area (Å²) < 4.78 is 0. The van der Waals surface area contributed by atoms with Crippen LogP contribution in [0.4, 0.5) is 0 Å². The topological polar surface area (TPSA) is 53.5 Å². The zero-order valence-electron chi connectivity index (χ0n) is 16.8. The predicted molar refractivity (Wildman–Crippen MR) is 106 cm³/mol. The van der Waals surface area contributed by atoms with Crippen molar-refractivity contribution >= 4 is 11.8 Å². The second-order valence-electron chi connectivity index (χ2n) is 8.84. The van der Waals surface area contributed by atoms with Crippen molar-refractivity contribution in [3.8, 4) is 0 Å². The van der Waals surface area contributed by atoms with Crippen molar-refractivity contribution in [3.05, 3.63) is 42.2 Å². The van der Waals surface area contributed by atoms with E-state index in [1.54, 1.807) is 12.4 Å². The third-order valence-electron chi connectivity index (χ3n) is 6.42. The van der Waals surface area contributed by atoms with E-state index in [1.165, 1.54) is 0 Å². The van der Waals surface area contributed by atoms with Gasteiger partial charge < -0.3 is 9.80 Å². The van der Waals surface area contributed by atoms with Crippen molar-refractivity contribution in [2.24, 2.45) is 10.8 Å². The van der Waals surface area contributed by atoms with Gasteiger partial charge in [0.2, 0.25) is 11.8 Å². The predicted octanol–water partition coefficient (Wildman–Crippen LogP) is 3.42. The summed E-state index contributed by atoms with van der Waals surface area (Å²) in [6.07, 6.45) is 7.03. The van der Waals surface area contributed by atoms with Gasteiger partial charge in [-0.25, -0.2) is 0 Å². The van der Waals surface area contributed by atoms with Gasteiger partial charge in [-0.1, -0.05) is 12.2 Å². The van der Waals surface area contributed by atoms with E-state index in [-0.39, 0.29) is 17.2 Å². The Bertz CT molecular complexity index is 728. The lowest BCUT2D eigenvalue weighted by atomic mass is 9.72. The molecule has 1 aromatic rings. The van der Waals surface area contributed by atoms with Crippen molar-refractivity contribution in [2.75, 3.05) is 19.6 Å². The molecule has 2 aliphatic rings. The number of hydrogen-bond acceptors (Lipinski definition) is 3. The van der Waals surface area contributed by atoms with Crippen LogP contribution in [0.3, 0.4) is 0 Å². The van der Waals surface area contributed by atoms with Crippen molar-refractivity contribution in [2.45, 2.75) is 53.0 Å². The lowest BCUT2D eigenvalue weighted by Gasteiger charge is -2.49. The average molecular weight is 370 g/mol. The summed E-state index contributed by atoms with van der Waals surface area (Å²) in [5, 5.41) is 0. The number of nitrogens with zero attached hydrogens (tertiary/aromatic N) is 3. The SMILES string of the molecule is C=C(C)C(C)(C)C(=O)N1CCC[C@]2(CCC(=O)N(Cc3ccncc3)C2)C1. The first-order valence-corrected chi connectivity index (χ1v) is 9.86. The zero-order valence-corrected chi connectivity index (χ0v) is 16.8. The van der Waals surface area contributed by atoms with E-state index < -0.39 is 5.41 Å². The first-order valence-electron chi connectivity index (χ1n) is 9.86. The minimum atomic E-state index is -0.542. The molecule has 2 aliphatic heterocycles. The molecule has 1 spiro atoms. The summed E-state index contributed by atoms with van der Waals surface area (Å²) >= 11 is 0. The van der Waals surface area contributed by atoms with E-state index in [0.717, 1.165) is 50.0 Å². The Morgan fingerprint density at radius 1 is 1.26 bits per heavy atom. The van der Waals surface area contributed by atoms with E-state index in [9.17, 15) is 9.59 Å². The van der Waals surface area contributed by atoms with Gasteiger partial charge in [0.15, 0.2) is 0 Å². The number of pyridine rings is 1. The largest absolute Gasteiger partial charge is 0.341 e. The first-order chi connectivity index (χ1) is 12.7. The van der Waals surface area contributed by atoms with Crippen LogP contribution in [-0.4, -0.2) is 46.2 Å². The molecule has 5 heteroatoms. The third kappa shape index (κ3) is 4.07. The smallest absolute Gasteiger partial charge is 0.232 e. The molecule has 3 rings (SSSR count). The Morgan fingerprint density at radius 2 is 1.96 bits per heavy atom. The lowest BCUT2D eigenvalue weighted by Crippen LogP contribution is -2.56. The number of amides is 2. The van der Waals surface area contributed by atoms with E-state index in [4.69, 9.17) is 0 Å². The van der Waals surface area contributed by atoms with E-state index in [2.05, 4.69) is 11.6 Å². The van der Waals surface area contributed by atoms with Crippen molar-refractivity contribution in [1.82, 2.24) is 14.8 Å². The molecule has 2 fully saturated rings. The molecule has 0 radical (unpaired) electrons. The number of aromatic nitrogens is 1. The highest BCUT2D eigenvalue weighted by Crippen LogP contribution is 2.41. The molecule has 0 aromatic carbocycles. The average Bonchev–Trinajstić information content (AvgIpc) is 2.65. The van der Waals surface area contributed by atoms with Crippen LogP contribution in [0, 0.1) is 10.8 Å². The monoisotopic (exact) mass is 369 g/mol. The minimum Gasteiger partial charge on any atom is -0.341 e. The highest BCUT2D eigenvalue weighted by atomic mass is 16.2. The van der Waals surface area contributed by atoms with Gasteiger partial charge in [-0.15, -0.1) is 0 Å². The fraction of sp³-hybridized carbons (Fsp3) is 0.591. The molecule has 0 saturated carbocycles. The molecule has 1 aromatic heterocycles. The first kappa shape index (κ1) is 19.6. The van der Waals surface area contributed by atoms with Gasteiger partial charge >= 0.3 is 0 Å². The molecule has 0 bridgehead atoms. The fourth-order valence-electron chi connectivity index (χ4n) is 4.25. The van der Waals surface area contributed by atoms with Crippen LogP contribution < -0.4 is 0 Å². The zero-order chi connectivity index (χ0) is 19.7. The van der Waals surface area contributed by atoms with Crippen molar-refractivity contribution < 1.29 is 9.59 Å². The van der Waals surface area contributed by atoms with Gasteiger partial charge in [0, 0.05) is 50.4 Å². The molecule has 27 heavy (non-hydrogen) atoms. The summed E-state index contributed by atoms with van der Waals surface area (Å²) in [6, 6.07) is 3.92. The molecule has 1 atom stereocenters. The maximum absolute atomic E-state index is 13.1. The molecule has 0 aliphatic carbocycles. The number of piperidine rings is 2. The Balaban J connectivity index is 1.74. The van der Waals surface area contributed by atoms with Crippen LogP contribution in [0.25, 0.3) is 0 Å². The minimum absolute atomic E-state index is 0.0139. The van der Waals surface area contributed by atoms with Crippen molar-refractivity contribution in [3.63, 3.8) is 0 Å². The van der Waals surface area contributed by atoms with Gasteiger partial charge in [0.25, 0.3) is 0 Å².